The van der Waals surface area contributed by atoms with Crippen molar-refractivity contribution in [2.75, 3.05) is 36.9 Å². The van der Waals surface area contributed by atoms with E-state index in [-0.39, 0.29) is 18.6 Å². The smallest absolute Gasteiger partial charge is 0.240 e. The van der Waals surface area contributed by atoms with Gasteiger partial charge in [0.2, 0.25) is 15.9 Å². The van der Waals surface area contributed by atoms with Gasteiger partial charge < -0.3 is 14.8 Å². The number of nitrogens with one attached hydrogen (secondary N) is 1. The third-order valence-electron chi connectivity index (χ3n) is 3.67. The Labute approximate surface area is 143 Å². The van der Waals surface area contributed by atoms with E-state index >= 15 is 0 Å². The molecule has 1 fully saturated rings. The molecule has 0 bridgehead atoms. The van der Waals surface area contributed by atoms with Crippen molar-refractivity contribution in [3.05, 3.63) is 24.3 Å². The van der Waals surface area contributed by atoms with Crippen molar-refractivity contribution < 1.29 is 22.7 Å². The molecule has 8 heteroatoms. The number of hydrogen-bond donors (Lipinski definition) is 1. The molecule has 1 unspecified atom stereocenters. The van der Waals surface area contributed by atoms with Crippen LogP contribution in [-0.2, 0) is 19.6 Å². The maximum atomic E-state index is 12.2. The zero-order valence-electron chi connectivity index (χ0n) is 14.0. The quantitative estimate of drug-likeness (QED) is 0.755. The topological polar surface area (TPSA) is 84.9 Å². The molecule has 1 aliphatic heterocycles. The minimum atomic E-state index is -3.63. The summed E-state index contributed by atoms with van der Waals surface area (Å²) < 4.78 is 36.3. The molecule has 0 aliphatic carbocycles. The van der Waals surface area contributed by atoms with Crippen LogP contribution in [0.2, 0.25) is 0 Å². The van der Waals surface area contributed by atoms with Gasteiger partial charge in [0, 0.05) is 13.2 Å². The molecule has 0 spiro atoms. The van der Waals surface area contributed by atoms with E-state index in [1.807, 2.05) is 6.92 Å². The fourth-order valence-corrected chi connectivity index (χ4v) is 3.40. The van der Waals surface area contributed by atoms with Crippen molar-refractivity contribution in [2.24, 2.45) is 0 Å². The van der Waals surface area contributed by atoms with Gasteiger partial charge in [-0.15, -0.1) is 0 Å². The van der Waals surface area contributed by atoms with E-state index in [1.165, 1.54) is 0 Å². The van der Waals surface area contributed by atoms with Crippen LogP contribution < -0.4 is 14.4 Å². The molecule has 1 N–H and O–H groups in total. The van der Waals surface area contributed by atoms with E-state index in [2.05, 4.69) is 5.32 Å². The largest absolute Gasteiger partial charge is 0.492 e. The van der Waals surface area contributed by atoms with Gasteiger partial charge in [-0.2, -0.15) is 0 Å². The summed E-state index contributed by atoms with van der Waals surface area (Å²) in [7, 11) is -3.63. The lowest BCUT2D eigenvalue weighted by Crippen LogP contribution is -2.42. The molecule has 1 amide bonds. The zero-order valence-corrected chi connectivity index (χ0v) is 14.8. The molecule has 0 radical (unpaired) electrons. The molecule has 0 saturated carbocycles. The van der Waals surface area contributed by atoms with E-state index in [0.29, 0.717) is 31.2 Å². The van der Waals surface area contributed by atoms with Crippen LogP contribution in [0.25, 0.3) is 0 Å². The maximum absolute atomic E-state index is 12.2. The first kappa shape index (κ1) is 18.5. The summed E-state index contributed by atoms with van der Waals surface area (Å²) >= 11 is 0. The van der Waals surface area contributed by atoms with E-state index in [1.54, 1.807) is 24.3 Å². The highest BCUT2D eigenvalue weighted by Crippen LogP contribution is 2.29. The van der Waals surface area contributed by atoms with Crippen LogP contribution in [0.5, 0.6) is 5.75 Å². The number of nitrogens with zero attached hydrogens (tertiary/aromatic N) is 1. The molecule has 134 valence electrons. The predicted molar refractivity (Wildman–Crippen MR) is 91.8 cm³/mol. The molecular weight excluding hydrogens is 332 g/mol. The lowest BCUT2D eigenvalue weighted by molar-refractivity contribution is -0.120. The minimum Gasteiger partial charge on any atom is -0.492 e. The second-order valence-corrected chi connectivity index (χ2v) is 7.52. The number of para-hydroxylation sites is 2. The predicted octanol–water partition coefficient (Wildman–Crippen LogP) is 1.15. The fourth-order valence-electron chi connectivity index (χ4n) is 2.54. The molecular formula is C16H24N2O5S. The first-order valence-corrected chi connectivity index (χ1v) is 9.84. The highest BCUT2D eigenvalue weighted by atomic mass is 32.2. The van der Waals surface area contributed by atoms with Gasteiger partial charge in [0.15, 0.2) is 0 Å². The molecule has 7 nitrogen and oxygen atoms in total. The van der Waals surface area contributed by atoms with Crippen molar-refractivity contribution in [3.63, 3.8) is 0 Å². The summed E-state index contributed by atoms with van der Waals surface area (Å²) in [4.78, 5) is 12.2. The number of ether oxygens (including phenoxy) is 2. The van der Waals surface area contributed by atoms with Gasteiger partial charge in [0.1, 0.15) is 12.3 Å². The highest BCUT2D eigenvalue weighted by molar-refractivity contribution is 7.92. The van der Waals surface area contributed by atoms with Crippen molar-refractivity contribution in [3.8, 4) is 5.75 Å². The van der Waals surface area contributed by atoms with Crippen LogP contribution in [0.1, 0.15) is 19.8 Å². The fraction of sp³-hybridized carbons (Fsp3) is 0.562. The lowest BCUT2D eigenvalue weighted by atomic mass is 10.2. The van der Waals surface area contributed by atoms with Gasteiger partial charge in [-0.1, -0.05) is 12.1 Å². The van der Waals surface area contributed by atoms with Crippen LogP contribution in [0, 0.1) is 0 Å². The Balaban J connectivity index is 2.10. The number of anilines is 1. The SMILES string of the molecule is CCOc1ccccc1N(CC(=O)NCC1CCCO1)S(C)(=O)=O. The van der Waals surface area contributed by atoms with Gasteiger partial charge in [0.05, 0.1) is 24.7 Å². The van der Waals surface area contributed by atoms with Crippen LogP contribution in [0.3, 0.4) is 0 Å². The Morgan fingerprint density at radius 1 is 1.42 bits per heavy atom. The first-order valence-electron chi connectivity index (χ1n) is 7.99. The summed E-state index contributed by atoms with van der Waals surface area (Å²) in [5.41, 5.74) is 0.356. The standard InChI is InChI=1S/C16H24N2O5S/c1-3-22-15-9-5-4-8-14(15)18(24(2,20)21)12-16(19)17-11-13-7-6-10-23-13/h4-5,8-9,13H,3,6-7,10-12H2,1-2H3,(H,17,19). The molecule has 1 aliphatic rings. The number of carbonyl (C=O) groups is 1. The van der Waals surface area contributed by atoms with Gasteiger partial charge >= 0.3 is 0 Å². The Kier molecular flexibility index (Phi) is 6.44. The first-order chi connectivity index (χ1) is 11.4. The monoisotopic (exact) mass is 356 g/mol. The molecule has 1 aromatic rings. The van der Waals surface area contributed by atoms with E-state index in [0.717, 1.165) is 23.4 Å². The number of benzene rings is 1. The summed E-state index contributed by atoms with van der Waals surface area (Å²) in [6, 6.07) is 6.77. The molecule has 1 aromatic carbocycles. The van der Waals surface area contributed by atoms with E-state index < -0.39 is 10.0 Å². The van der Waals surface area contributed by atoms with Gasteiger partial charge in [-0.3, -0.25) is 9.10 Å². The molecule has 24 heavy (non-hydrogen) atoms. The molecule has 0 aromatic heterocycles. The molecule has 1 atom stereocenters. The minimum absolute atomic E-state index is 0.0105. The van der Waals surface area contributed by atoms with Crippen molar-refractivity contribution in [1.29, 1.82) is 0 Å². The number of sulfonamides is 1. The lowest BCUT2D eigenvalue weighted by Gasteiger charge is -2.24. The Morgan fingerprint density at radius 3 is 2.79 bits per heavy atom. The van der Waals surface area contributed by atoms with E-state index in [4.69, 9.17) is 9.47 Å². The number of amides is 1. The van der Waals surface area contributed by atoms with Crippen molar-refractivity contribution in [2.45, 2.75) is 25.9 Å². The third kappa shape index (κ3) is 5.10. The number of hydrogen-bond acceptors (Lipinski definition) is 5. The molecule has 2 rings (SSSR count). The zero-order chi connectivity index (χ0) is 17.6. The van der Waals surface area contributed by atoms with Crippen molar-refractivity contribution >= 4 is 21.6 Å². The normalized spacial score (nSPS) is 17.5. The average molecular weight is 356 g/mol. The van der Waals surface area contributed by atoms with Gasteiger partial charge in [0.25, 0.3) is 0 Å². The molecule has 1 heterocycles. The second-order valence-electron chi connectivity index (χ2n) is 5.61. The Bertz CT molecular complexity index is 656. The van der Waals surface area contributed by atoms with Gasteiger partial charge in [-0.25, -0.2) is 8.42 Å². The summed E-state index contributed by atoms with van der Waals surface area (Å²) in [5.74, 6) is 0.0552. The average Bonchev–Trinajstić information content (AvgIpc) is 3.04. The van der Waals surface area contributed by atoms with Crippen molar-refractivity contribution in [1.82, 2.24) is 5.32 Å². The Morgan fingerprint density at radius 2 is 2.17 bits per heavy atom. The molecule has 1 saturated heterocycles. The van der Waals surface area contributed by atoms with E-state index in [9.17, 15) is 13.2 Å². The highest BCUT2D eigenvalue weighted by Gasteiger charge is 2.24. The van der Waals surface area contributed by atoms with Crippen LogP contribution in [-0.4, -0.2) is 53.0 Å². The maximum Gasteiger partial charge on any atom is 0.240 e. The second kappa shape index (κ2) is 8.34. The van der Waals surface area contributed by atoms with Crippen LogP contribution in [0.15, 0.2) is 24.3 Å². The van der Waals surface area contributed by atoms with Gasteiger partial charge in [-0.05, 0) is 31.9 Å². The van der Waals surface area contributed by atoms with Crippen LogP contribution >= 0.6 is 0 Å². The van der Waals surface area contributed by atoms with Crippen LogP contribution in [0.4, 0.5) is 5.69 Å². The summed E-state index contributed by atoms with van der Waals surface area (Å²) in [6.07, 6.45) is 2.97. The Hall–Kier alpha value is -1.80. The summed E-state index contributed by atoms with van der Waals surface area (Å²) in [5, 5.41) is 2.74. The number of carbonyl (C=O) groups excluding carboxylic acids is 1. The number of rotatable bonds is 8. The summed E-state index contributed by atoms with van der Waals surface area (Å²) in [6.45, 7) is 3.02. The third-order valence-corrected chi connectivity index (χ3v) is 4.80.